The van der Waals surface area contributed by atoms with Crippen molar-refractivity contribution >= 4 is 40.4 Å². The molecule has 1 aliphatic rings. The molecule has 2 heterocycles. The van der Waals surface area contributed by atoms with Crippen LogP contribution in [-0.4, -0.2) is 38.8 Å². The first-order valence-electron chi connectivity index (χ1n) is 8.30. The van der Waals surface area contributed by atoms with Crippen molar-refractivity contribution in [3.63, 3.8) is 0 Å². The van der Waals surface area contributed by atoms with Gasteiger partial charge in [0.2, 0.25) is 5.91 Å². The minimum Gasteiger partial charge on any atom is -0.370 e. The Hall–Kier alpha value is -1.11. The van der Waals surface area contributed by atoms with Gasteiger partial charge in [0.05, 0.1) is 31.1 Å². The zero-order valence-electron chi connectivity index (χ0n) is 13.8. The number of halogens is 2. The lowest BCUT2D eigenvalue weighted by Crippen LogP contribution is -3.15. The maximum absolute atomic E-state index is 12.4. The van der Waals surface area contributed by atoms with E-state index in [4.69, 9.17) is 27.9 Å². The van der Waals surface area contributed by atoms with E-state index in [0.29, 0.717) is 22.2 Å². The van der Waals surface area contributed by atoms with Crippen LogP contribution in [-0.2, 0) is 16.0 Å². The first-order valence-corrected chi connectivity index (χ1v) is 9.94. The summed E-state index contributed by atoms with van der Waals surface area (Å²) >= 11 is 14.0. The van der Waals surface area contributed by atoms with Crippen molar-refractivity contribution in [3.8, 4) is 0 Å². The van der Waals surface area contributed by atoms with Crippen molar-refractivity contribution in [2.24, 2.45) is 0 Å². The molecule has 2 aromatic rings. The highest BCUT2D eigenvalue weighted by Crippen LogP contribution is 2.24. The highest BCUT2D eigenvalue weighted by Gasteiger charge is 2.27. The number of nitrogens with one attached hydrogen (secondary N) is 2. The molecule has 1 amide bonds. The van der Waals surface area contributed by atoms with Crippen LogP contribution in [0.15, 0.2) is 35.7 Å². The molecule has 1 aromatic heterocycles. The standard InChI is InChI=1S/C18H20Cl2N2O2S/c19-14-3-1-4-15(20)13(14)11-18(23)21-12-16(17-5-2-10-25-17)22-6-8-24-9-7-22/h1-5,10,16H,6-9,11-12H2,(H,21,23)/p+1/t16-/m1/s1. The van der Waals surface area contributed by atoms with E-state index in [-0.39, 0.29) is 18.4 Å². The Bertz CT molecular complexity index is 683. The van der Waals surface area contributed by atoms with Gasteiger partial charge in [-0.15, -0.1) is 11.3 Å². The van der Waals surface area contributed by atoms with Gasteiger partial charge in [0.25, 0.3) is 0 Å². The maximum Gasteiger partial charge on any atom is 0.224 e. The Balaban J connectivity index is 1.63. The number of hydrogen-bond acceptors (Lipinski definition) is 3. The van der Waals surface area contributed by atoms with Gasteiger partial charge in [0, 0.05) is 10.0 Å². The largest absolute Gasteiger partial charge is 0.370 e. The normalized spacial score (nSPS) is 16.6. The molecule has 1 fully saturated rings. The number of hydrogen-bond donors (Lipinski definition) is 2. The SMILES string of the molecule is O=C(Cc1c(Cl)cccc1Cl)NC[C@H](c1cccs1)[NH+]1CCOCC1. The van der Waals surface area contributed by atoms with Crippen LogP contribution in [0.1, 0.15) is 16.5 Å². The summed E-state index contributed by atoms with van der Waals surface area (Å²) in [5.41, 5.74) is 0.676. The number of thiophene rings is 1. The number of rotatable bonds is 6. The Morgan fingerprint density at radius 2 is 1.92 bits per heavy atom. The maximum atomic E-state index is 12.4. The summed E-state index contributed by atoms with van der Waals surface area (Å²) in [6, 6.07) is 9.72. The molecule has 1 aliphatic heterocycles. The Morgan fingerprint density at radius 1 is 1.20 bits per heavy atom. The minimum absolute atomic E-state index is 0.0655. The second kappa shape index (κ2) is 9.01. The topological polar surface area (TPSA) is 42.8 Å². The molecular weight excluding hydrogens is 379 g/mol. The molecule has 4 nitrogen and oxygen atoms in total. The molecule has 0 bridgehead atoms. The lowest BCUT2D eigenvalue weighted by Gasteiger charge is -2.31. The van der Waals surface area contributed by atoms with Crippen LogP contribution in [0.4, 0.5) is 0 Å². The molecule has 25 heavy (non-hydrogen) atoms. The zero-order valence-corrected chi connectivity index (χ0v) is 16.1. The Morgan fingerprint density at radius 3 is 2.56 bits per heavy atom. The van der Waals surface area contributed by atoms with Gasteiger partial charge in [-0.25, -0.2) is 0 Å². The summed E-state index contributed by atoms with van der Waals surface area (Å²) in [5.74, 6) is -0.0655. The van der Waals surface area contributed by atoms with Crippen molar-refractivity contribution < 1.29 is 14.4 Å². The number of quaternary nitrogens is 1. The van der Waals surface area contributed by atoms with Crippen molar-refractivity contribution in [1.82, 2.24) is 5.32 Å². The molecule has 134 valence electrons. The van der Waals surface area contributed by atoms with Crippen molar-refractivity contribution in [2.75, 3.05) is 32.8 Å². The highest BCUT2D eigenvalue weighted by atomic mass is 35.5. The smallest absolute Gasteiger partial charge is 0.224 e. The van der Waals surface area contributed by atoms with Crippen LogP contribution in [0.25, 0.3) is 0 Å². The van der Waals surface area contributed by atoms with E-state index in [1.807, 2.05) is 0 Å². The van der Waals surface area contributed by atoms with Crippen LogP contribution in [0.2, 0.25) is 10.0 Å². The Labute approximate surface area is 161 Å². The number of ether oxygens (including phenoxy) is 1. The number of benzene rings is 1. The molecule has 0 unspecified atom stereocenters. The summed E-state index contributed by atoms with van der Waals surface area (Å²) in [6.07, 6.45) is 0.189. The average molecular weight is 400 g/mol. The highest BCUT2D eigenvalue weighted by molar-refractivity contribution is 7.10. The monoisotopic (exact) mass is 399 g/mol. The third-order valence-corrected chi connectivity index (χ3v) is 6.11. The van der Waals surface area contributed by atoms with Gasteiger partial charge in [0.1, 0.15) is 19.1 Å². The number of carbonyl (C=O) groups excluding carboxylic acids is 1. The number of morpholine rings is 1. The fourth-order valence-electron chi connectivity index (χ4n) is 3.06. The predicted molar refractivity (Wildman–Crippen MR) is 102 cm³/mol. The molecule has 1 aromatic carbocycles. The molecule has 3 rings (SSSR count). The van der Waals surface area contributed by atoms with Gasteiger partial charge in [-0.1, -0.05) is 35.3 Å². The van der Waals surface area contributed by atoms with E-state index >= 15 is 0 Å². The molecule has 0 saturated carbocycles. The average Bonchev–Trinajstić information content (AvgIpc) is 3.14. The molecule has 0 aliphatic carbocycles. The van der Waals surface area contributed by atoms with Crippen LogP contribution < -0.4 is 10.2 Å². The second-order valence-electron chi connectivity index (χ2n) is 6.02. The van der Waals surface area contributed by atoms with Gasteiger partial charge in [-0.2, -0.15) is 0 Å². The quantitative estimate of drug-likeness (QED) is 0.782. The number of amides is 1. The summed E-state index contributed by atoms with van der Waals surface area (Å²) in [4.78, 5) is 15.1. The summed E-state index contributed by atoms with van der Waals surface area (Å²) in [5, 5.41) is 6.19. The van der Waals surface area contributed by atoms with Crippen LogP contribution in [0, 0.1) is 0 Å². The Kier molecular flexibility index (Phi) is 6.73. The van der Waals surface area contributed by atoms with E-state index in [9.17, 15) is 4.79 Å². The third kappa shape index (κ3) is 4.96. The van der Waals surface area contributed by atoms with Crippen molar-refractivity contribution in [1.29, 1.82) is 0 Å². The fourth-order valence-corrected chi connectivity index (χ4v) is 4.47. The minimum atomic E-state index is -0.0655. The summed E-state index contributed by atoms with van der Waals surface area (Å²) in [7, 11) is 0. The number of carbonyl (C=O) groups is 1. The molecule has 2 N–H and O–H groups in total. The molecule has 1 saturated heterocycles. The van der Waals surface area contributed by atoms with E-state index < -0.39 is 0 Å². The third-order valence-electron chi connectivity index (χ3n) is 4.42. The molecule has 1 atom stereocenters. The van der Waals surface area contributed by atoms with Gasteiger partial charge >= 0.3 is 0 Å². The van der Waals surface area contributed by atoms with E-state index in [2.05, 4.69) is 22.8 Å². The first kappa shape index (κ1) is 18.7. The van der Waals surface area contributed by atoms with Crippen LogP contribution in [0.3, 0.4) is 0 Å². The van der Waals surface area contributed by atoms with E-state index in [0.717, 1.165) is 26.3 Å². The fraction of sp³-hybridized carbons (Fsp3) is 0.389. The van der Waals surface area contributed by atoms with Crippen molar-refractivity contribution in [3.05, 3.63) is 56.2 Å². The molecule has 7 heteroatoms. The van der Waals surface area contributed by atoms with Gasteiger partial charge in [-0.3, -0.25) is 4.79 Å². The van der Waals surface area contributed by atoms with E-state index in [1.165, 1.54) is 9.78 Å². The lowest BCUT2D eigenvalue weighted by atomic mass is 10.1. The van der Waals surface area contributed by atoms with E-state index in [1.54, 1.807) is 29.5 Å². The molecule has 0 spiro atoms. The lowest BCUT2D eigenvalue weighted by molar-refractivity contribution is -0.937. The van der Waals surface area contributed by atoms with Crippen LogP contribution in [0.5, 0.6) is 0 Å². The summed E-state index contributed by atoms with van der Waals surface area (Å²) in [6.45, 7) is 4.03. The first-order chi connectivity index (χ1) is 12.1. The predicted octanol–water partition coefficient (Wildman–Crippen LogP) is 2.37. The molecule has 0 radical (unpaired) electrons. The van der Waals surface area contributed by atoms with Gasteiger partial charge < -0.3 is 15.0 Å². The molecular formula is C18H21Cl2N2O2S+. The second-order valence-corrected chi connectivity index (χ2v) is 7.81. The zero-order chi connectivity index (χ0) is 17.6. The van der Waals surface area contributed by atoms with Gasteiger partial charge in [-0.05, 0) is 29.1 Å². The summed E-state index contributed by atoms with van der Waals surface area (Å²) < 4.78 is 5.46. The van der Waals surface area contributed by atoms with Crippen molar-refractivity contribution in [2.45, 2.75) is 12.5 Å². The van der Waals surface area contributed by atoms with Crippen LogP contribution >= 0.6 is 34.5 Å². The van der Waals surface area contributed by atoms with Gasteiger partial charge in [0.15, 0.2) is 0 Å².